The third kappa shape index (κ3) is 3.44. The van der Waals surface area contributed by atoms with Crippen molar-refractivity contribution in [2.24, 2.45) is 0 Å². The SMILES string of the molecule is CC(C)c1cc([C@H]2CCCN2C(=O)Cc2ccc(F)cc2)on1. The van der Waals surface area contributed by atoms with Gasteiger partial charge in [-0.15, -0.1) is 0 Å². The number of amides is 1. The minimum Gasteiger partial charge on any atom is -0.359 e. The molecule has 2 heterocycles. The monoisotopic (exact) mass is 316 g/mol. The van der Waals surface area contributed by atoms with Gasteiger partial charge in [0.1, 0.15) is 5.82 Å². The van der Waals surface area contributed by atoms with Crippen LogP contribution in [0.4, 0.5) is 4.39 Å². The zero-order chi connectivity index (χ0) is 16.4. The lowest BCUT2D eigenvalue weighted by molar-refractivity contribution is -0.131. The first kappa shape index (κ1) is 15.7. The Labute approximate surface area is 135 Å². The van der Waals surface area contributed by atoms with Crippen molar-refractivity contribution < 1.29 is 13.7 Å². The smallest absolute Gasteiger partial charge is 0.227 e. The first-order valence-corrected chi connectivity index (χ1v) is 8.05. The molecule has 1 atom stereocenters. The van der Waals surface area contributed by atoms with E-state index in [1.807, 2.05) is 11.0 Å². The van der Waals surface area contributed by atoms with Crippen LogP contribution < -0.4 is 0 Å². The van der Waals surface area contributed by atoms with E-state index in [1.54, 1.807) is 12.1 Å². The zero-order valence-electron chi connectivity index (χ0n) is 13.5. The molecule has 0 aliphatic carbocycles. The van der Waals surface area contributed by atoms with E-state index in [-0.39, 0.29) is 24.2 Å². The van der Waals surface area contributed by atoms with Crippen LogP contribution in [0.25, 0.3) is 0 Å². The summed E-state index contributed by atoms with van der Waals surface area (Å²) in [7, 11) is 0. The Hall–Kier alpha value is -2.17. The van der Waals surface area contributed by atoms with E-state index >= 15 is 0 Å². The Morgan fingerprint density at radius 2 is 2.13 bits per heavy atom. The van der Waals surface area contributed by atoms with Crippen molar-refractivity contribution >= 4 is 5.91 Å². The Balaban J connectivity index is 1.72. The number of benzene rings is 1. The summed E-state index contributed by atoms with van der Waals surface area (Å²) in [5, 5.41) is 4.09. The standard InChI is InChI=1S/C18H21FN2O2/c1-12(2)15-11-17(23-20-15)16-4-3-9-21(16)18(22)10-13-5-7-14(19)8-6-13/h5-8,11-12,16H,3-4,9-10H2,1-2H3/t16-/m1/s1. The molecule has 0 radical (unpaired) electrons. The minimum atomic E-state index is -0.289. The van der Waals surface area contributed by atoms with Crippen molar-refractivity contribution in [2.45, 2.75) is 45.1 Å². The highest BCUT2D eigenvalue weighted by molar-refractivity contribution is 5.79. The molecule has 23 heavy (non-hydrogen) atoms. The molecule has 0 spiro atoms. The van der Waals surface area contributed by atoms with Crippen molar-refractivity contribution in [2.75, 3.05) is 6.54 Å². The summed E-state index contributed by atoms with van der Waals surface area (Å²) in [6.45, 7) is 4.85. The van der Waals surface area contributed by atoms with Gasteiger partial charge in [0.25, 0.3) is 0 Å². The Morgan fingerprint density at radius 3 is 2.78 bits per heavy atom. The molecule has 1 fully saturated rings. The topological polar surface area (TPSA) is 46.3 Å². The van der Waals surface area contributed by atoms with E-state index in [4.69, 9.17) is 4.52 Å². The second kappa shape index (κ2) is 6.52. The normalized spacial score (nSPS) is 17.9. The van der Waals surface area contributed by atoms with Gasteiger partial charge in [-0.2, -0.15) is 0 Å². The van der Waals surface area contributed by atoms with Crippen molar-refractivity contribution in [3.63, 3.8) is 0 Å². The third-order valence-electron chi connectivity index (χ3n) is 4.31. The fourth-order valence-corrected chi connectivity index (χ4v) is 2.97. The zero-order valence-corrected chi connectivity index (χ0v) is 13.5. The molecule has 1 aromatic heterocycles. The molecule has 122 valence electrons. The maximum Gasteiger partial charge on any atom is 0.227 e. The molecule has 4 nitrogen and oxygen atoms in total. The summed E-state index contributed by atoms with van der Waals surface area (Å²) >= 11 is 0. The maximum absolute atomic E-state index is 13.0. The van der Waals surface area contributed by atoms with Crippen LogP contribution in [0.2, 0.25) is 0 Å². The lowest BCUT2D eigenvalue weighted by Crippen LogP contribution is -2.31. The third-order valence-corrected chi connectivity index (χ3v) is 4.31. The highest BCUT2D eigenvalue weighted by atomic mass is 19.1. The Kier molecular flexibility index (Phi) is 4.46. The molecule has 1 saturated heterocycles. The number of carbonyl (C=O) groups is 1. The summed E-state index contributed by atoms with van der Waals surface area (Å²) in [6.07, 6.45) is 2.13. The number of halogens is 1. The first-order valence-electron chi connectivity index (χ1n) is 8.05. The van der Waals surface area contributed by atoms with Crippen LogP contribution in [-0.4, -0.2) is 22.5 Å². The molecular weight excluding hydrogens is 295 g/mol. The number of rotatable bonds is 4. The predicted molar refractivity (Wildman–Crippen MR) is 84.4 cm³/mol. The Bertz CT molecular complexity index is 679. The van der Waals surface area contributed by atoms with Crippen molar-refractivity contribution in [1.29, 1.82) is 0 Å². The average molecular weight is 316 g/mol. The molecule has 0 N–H and O–H groups in total. The van der Waals surface area contributed by atoms with E-state index in [1.165, 1.54) is 12.1 Å². The summed E-state index contributed by atoms with van der Waals surface area (Å²) in [5.74, 6) is 0.820. The van der Waals surface area contributed by atoms with Gasteiger partial charge in [0.15, 0.2) is 5.76 Å². The number of nitrogens with zero attached hydrogens (tertiary/aromatic N) is 2. The fourth-order valence-electron chi connectivity index (χ4n) is 2.97. The van der Waals surface area contributed by atoms with Gasteiger partial charge in [-0.05, 0) is 36.5 Å². The predicted octanol–water partition coefficient (Wildman–Crippen LogP) is 3.84. The molecule has 1 aliphatic heterocycles. The summed E-state index contributed by atoms with van der Waals surface area (Å²) < 4.78 is 18.4. The number of carbonyl (C=O) groups excluding carboxylic acids is 1. The van der Waals surface area contributed by atoms with Crippen molar-refractivity contribution in [3.05, 3.63) is 53.2 Å². The van der Waals surface area contributed by atoms with Crippen LogP contribution in [0.15, 0.2) is 34.9 Å². The van der Waals surface area contributed by atoms with Crippen LogP contribution in [0.3, 0.4) is 0 Å². The molecule has 5 heteroatoms. The molecule has 1 amide bonds. The second-order valence-corrected chi connectivity index (χ2v) is 6.36. The summed E-state index contributed by atoms with van der Waals surface area (Å²) in [5.41, 5.74) is 1.74. The molecule has 0 saturated carbocycles. The fraction of sp³-hybridized carbons (Fsp3) is 0.444. The van der Waals surface area contributed by atoms with Crippen LogP contribution in [0.1, 0.15) is 55.7 Å². The van der Waals surface area contributed by atoms with Crippen molar-refractivity contribution in [1.82, 2.24) is 10.1 Å². The molecule has 0 unspecified atom stereocenters. The van der Waals surface area contributed by atoms with Gasteiger partial charge in [0.05, 0.1) is 18.2 Å². The van der Waals surface area contributed by atoms with E-state index < -0.39 is 0 Å². The summed E-state index contributed by atoms with van der Waals surface area (Å²) in [6, 6.07) is 8.00. The molecule has 1 aliphatic rings. The van der Waals surface area contributed by atoms with E-state index in [9.17, 15) is 9.18 Å². The van der Waals surface area contributed by atoms with Crippen LogP contribution in [0.5, 0.6) is 0 Å². The number of hydrogen-bond acceptors (Lipinski definition) is 3. The largest absolute Gasteiger partial charge is 0.359 e. The van der Waals surface area contributed by atoms with Gasteiger partial charge in [-0.3, -0.25) is 4.79 Å². The highest BCUT2D eigenvalue weighted by Gasteiger charge is 2.32. The van der Waals surface area contributed by atoms with Gasteiger partial charge in [0, 0.05) is 12.6 Å². The van der Waals surface area contributed by atoms with Gasteiger partial charge in [-0.25, -0.2) is 4.39 Å². The van der Waals surface area contributed by atoms with Gasteiger partial charge in [0.2, 0.25) is 5.91 Å². The second-order valence-electron chi connectivity index (χ2n) is 6.36. The van der Waals surface area contributed by atoms with Crippen LogP contribution >= 0.6 is 0 Å². The number of hydrogen-bond donors (Lipinski definition) is 0. The number of aromatic nitrogens is 1. The lowest BCUT2D eigenvalue weighted by Gasteiger charge is -2.22. The van der Waals surface area contributed by atoms with Crippen LogP contribution in [-0.2, 0) is 11.2 Å². The molecule has 0 bridgehead atoms. The van der Waals surface area contributed by atoms with E-state index in [2.05, 4.69) is 19.0 Å². The number of likely N-dealkylation sites (tertiary alicyclic amines) is 1. The highest BCUT2D eigenvalue weighted by Crippen LogP contribution is 2.33. The van der Waals surface area contributed by atoms with Gasteiger partial charge < -0.3 is 9.42 Å². The van der Waals surface area contributed by atoms with E-state index in [0.717, 1.165) is 36.4 Å². The van der Waals surface area contributed by atoms with E-state index in [0.29, 0.717) is 5.92 Å². The molecular formula is C18H21FN2O2. The van der Waals surface area contributed by atoms with Gasteiger partial charge in [-0.1, -0.05) is 31.1 Å². The average Bonchev–Trinajstić information content (AvgIpc) is 3.17. The quantitative estimate of drug-likeness (QED) is 0.861. The van der Waals surface area contributed by atoms with Crippen LogP contribution in [0, 0.1) is 5.82 Å². The lowest BCUT2D eigenvalue weighted by atomic mass is 10.1. The Morgan fingerprint density at radius 1 is 1.39 bits per heavy atom. The van der Waals surface area contributed by atoms with Crippen molar-refractivity contribution in [3.8, 4) is 0 Å². The minimum absolute atomic E-state index is 0.0389. The maximum atomic E-state index is 13.0. The summed E-state index contributed by atoms with van der Waals surface area (Å²) in [4.78, 5) is 14.4. The molecule has 3 rings (SSSR count). The first-order chi connectivity index (χ1) is 11.0. The molecule has 1 aromatic carbocycles. The molecule has 2 aromatic rings. The van der Waals surface area contributed by atoms with Gasteiger partial charge >= 0.3 is 0 Å².